The lowest BCUT2D eigenvalue weighted by atomic mass is 9.96. The largest absolute Gasteiger partial charge is 0.496 e. The first-order valence-electron chi connectivity index (χ1n) is 10.5. The second-order valence-corrected chi connectivity index (χ2v) is 7.76. The normalized spacial score (nSPS) is 14.7. The fourth-order valence-electron chi connectivity index (χ4n) is 4.28. The number of ether oxygens (including phenoxy) is 1. The minimum atomic E-state index is 0.504. The second kappa shape index (κ2) is 8.14. The molecule has 0 spiro atoms. The molecular formula is C24H25N5O. The highest BCUT2D eigenvalue weighted by Crippen LogP contribution is 2.34. The zero-order valence-electron chi connectivity index (χ0n) is 17.1. The maximum absolute atomic E-state index is 5.56. The van der Waals surface area contributed by atoms with Crippen LogP contribution in [0.3, 0.4) is 0 Å². The van der Waals surface area contributed by atoms with Gasteiger partial charge in [-0.2, -0.15) is 5.10 Å². The van der Waals surface area contributed by atoms with E-state index in [0.29, 0.717) is 12.0 Å². The number of nitrogens with zero attached hydrogens (tertiary/aromatic N) is 4. The molecule has 1 N–H and O–H groups in total. The first kappa shape index (κ1) is 18.6. The fraction of sp³-hybridized carbons (Fsp3) is 0.292. The zero-order chi connectivity index (χ0) is 20.3. The highest BCUT2D eigenvalue weighted by Gasteiger charge is 2.16. The first-order chi connectivity index (χ1) is 14.8. The van der Waals surface area contributed by atoms with Gasteiger partial charge in [0.2, 0.25) is 5.95 Å². The first-order valence-corrected chi connectivity index (χ1v) is 10.5. The number of aromatic nitrogens is 4. The Morgan fingerprint density at radius 3 is 2.67 bits per heavy atom. The summed E-state index contributed by atoms with van der Waals surface area (Å²) in [6.07, 6.45) is 12.1. The van der Waals surface area contributed by atoms with Crippen LogP contribution in [0.2, 0.25) is 0 Å². The number of hydrogen-bond acceptors (Lipinski definition) is 5. The van der Waals surface area contributed by atoms with Crippen LogP contribution in [-0.4, -0.2) is 26.9 Å². The van der Waals surface area contributed by atoms with Crippen molar-refractivity contribution in [3.63, 3.8) is 0 Å². The molecule has 1 saturated carbocycles. The number of benzene rings is 2. The van der Waals surface area contributed by atoms with Crippen molar-refractivity contribution in [3.8, 4) is 16.9 Å². The van der Waals surface area contributed by atoms with E-state index in [9.17, 15) is 0 Å². The average molecular weight is 399 g/mol. The van der Waals surface area contributed by atoms with Crippen molar-refractivity contribution < 1.29 is 4.74 Å². The third-order valence-corrected chi connectivity index (χ3v) is 5.81. The van der Waals surface area contributed by atoms with E-state index in [1.165, 1.54) is 32.1 Å². The predicted octanol–water partition coefficient (Wildman–Crippen LogP) is 5.75. The van der Waals surface area contributed by atoms with Crippen LogP contribution >= 0.6 is 0 Å². The van der Waals surface area contributed by atoms with Crippen LogP contribution in [0.25, 0.3) is 22.0 Å². The Morgan fingerprint density at radius 1 is 0.967 bits per heavy atom. The van der Waals surface area contributed by atoms with Gasteiger partial charge in [-0.3, -0.25) is 4.68 Å². The Bertz CT molecular complexity index is 1160. The summed E-state index contributed by atoms with van der Waals surface area (Å²) in [5, 5.41) is 8.88. The Hall–Kier alpha value is -3.41. The summed E-state index contributed by atoms with van der Waals surface area (Å²) in [7, 11) is 1.69. The zero-order valence-corrected chi connectivity index (χ0v) is 17.1. The van der Waals surface area contributed by atoms with Crippen LogP contribution in [0.5, 0.6) is 5.75 Å². The van der Waals surface area contributed by atoms with Crippen molar-refractivity contribution in [2.75, 3.05) is 12.4 Å². The SMILES string of the molecule is COc1ccccc1-c1cccc2cnc(Nc3cnn(C4CCCCC4)c3)nc12. The molecule has 0 aliphatic heterocycles. The quantitative estimate of drug-likeness (QED) is 0.463. The molecule has 0 bridgehead atoms. The smallest absolute Gasteiger partial charge is 0.227 e. The van der Waals surface area contributed by atoms with E-state index in [4.69, 9.17) is 9.72 Å². The van der Waals surface area contributed by atoms with Gasteiger partial charge in [0.15, 0.2) is 0 Å². The van der Waals surface area contributed by atoms with Gasteiger partial charge in [0, 0.05) is 28.9 Å². The molecular weight excluding hydrogens is 374 g/mol. The number of fused-ring (bicyclic) bond motifs is 1. The van der Waals surface area contributed by atoms with Crippen LogP contribution in [0.4, 0.5) is 11.6 Å². The molecule has 2 heterocycles. The van der Waals surface area contributed by atoms with E-state index in [2.05, 4.69) is 38.4 Å². The molecule has 1 fully saturated rings. The Labute approximate surface area is 175 Å². The van der Waals surface area contributed by atoms with E-state index in [0.717, 1.165) is 33.5 Å². The van der Waals surface area contributed by atoms with Gasteiger partial charge in [0.05, 0.1) is 30.6 Å². The van der Waals surface area contributed by atoms with Gasteiger partial charge in [0.1, 0.15) is 5.75 Å². The number of rotatable bonds is 5. The Morgan fingerprint density at radius 2 is 1.80 bits per heavy atom. The molecule has 152 valence electrons. The molecule has 30 heavy (non-hydrogen) atoms. The van der Waals surface area contributed by atoms with Gasteiger partial charge in [-0.15, -0.1) is 0 Å². The fourth-order valence-corrected chi connectivity index (χ4v) is 4.28. The topological polar surface area (TPSA) is 64.9 Å². The molecule has 0 atom stereocenters. The van der Waals surface area contributed by atoms with Crippen LogP contribution in [-0.2, 0) is 0 Å². The number of nitrogens with one attached hydrogen (secondary N) is 1. The number of hydrogen-bond donors (Lipinski definition) is 1. The van der Waals surface area contributed by atoms with E-state index < -0.39 is 0 Å². The van der Waals surface area contributed by atoms with Crippen molar-refractivity contribution in [3.05, 3.63) is 61.1 Å². The van der Waals surface area contributed by atoms with E-state index in [1.54, 1.807) is 7.11 Å². The molecule has 0 unspecified atom stereocenters. The van der Waals surface area contributed by atoms with Crippen LogP contribution < -0.4 is 10.1 Å². The molecule has 5 rings (SSSR count). The number of para-hydroxylation sites is 2. The van der Waals surface area contributed by atoms with Crippen molar-refractivity contribution >= 4 is 22.5 Å². The summed E-state index contributed by atoms with van der Waals surface area (Å²) in [5.74, 6) is 1.39. The molecule has 0 radical (unpaired) electrons. The average Bonchev–Trinajstić information content (AvgIpc) is 3.28. The number of anilines is 2. The minimum Gasteiger partial charge on any atom is -0.496 e. The van der Waals surface area contributed by atoms with Gasteiger partial charge < -0.3 is 10.1 Å². The summed E-state index contributed by atoms with van der Waals surface area (Å²) in [6, 6.07) is 14.6. The van der Waals surface area contributed by atoms with Gasteiger partial charge in [-0.25, -0.2) is 9.97 Å². The van der Waals surface area contributed by atoms with Gasteiger partial charge >= 0.3 is 0 Å². The third-order valence-electron chi connectivity index (χ3n) is 5.81. The highest BCUT2D eigenvalue weighted by atomic mass is 16.5. The third kappa shape index (κ3) is 3.61. The summed E-state index contributed by atoms with van der Waals surface area (Å²) < 4.78 is 7.65. The molecule has 0 amide bonds. The standard InChI is InChI=1S/C24H25N5O/c1-30-22-13-6-5-11-20(22)21-12-7-8-17-14-25-24(28-23(17)21)27-18-15-26-29(16-18)19-9-3-2-4-10-19/h5-8,11-16,19H,2-4,9-10H2,1H3,(H,25,27,28). The molecule has 4 aromatic rings. The molecule has 1 aliphatic rings. The number of methoxy groups -OCH3 is 1. The molecule has 6 heteroatoms. The summed E-state index contributed by atoms with van der Waals surface area (Å²) in [4.78, 5) is 9.34. The molecule has 6 nitrogen and oxygen atoms in total. The maximum Gasteiger partial charge on any atom is 0.227 e. The summed E-state index contributed by atoms with van der Waals surface area (Å²) >= 11 is 0. The van der Waals surface area contributed by atoms with Crippen molar-refractivity contribution in [1.29, 1.82) is 0 Å². The van der Waals surface area contributed by atoms with Gasteiger partial charge in [-0.05, 0) is 18.9 Å². The van der Waals surface area contributed by atoms with Crippen molar-refractivity contribution in [1.82, 2.24) is 19.7 Å². The van der Waals surface area contributed by atoms with Crippen LogP contribution in [0.15, 0.2) is 61.1 Å². The maximum atomic E-state index is 5.56. The summed E-state index contributed by atoms with van der Waals surface area (Å²) in [5.41, 5.74) is 3.84. The van der Waals surface area contributed by atoms with E-state index in [1.807, 2.05) is 42.7 Å². The lowest BCUT2D eigenvalue weighted by Gasteiger charge is -2.21. The lowest BCUT2D eigenvalue weighted by molar-refractivity contribution is 0.329. The Balaban J connectivity index is 1.47. The molecule has 2 aromatic carbocycles. The lowest BCUT2D eigenvalue weighted by Crippen LogP contribution is -2.12. The van der Waals surface area contributed by atoms with Crippen molar-refractivity contribution in [2.45, 2.75) is 38.1 Å². The highest BCUT2D eigenvalue weighted by molar-refractivity contribution is 5.95. The van der Waals surface area contributed by atoms with E-state index in [-0.39, 0.29) is 0 Å². The molecule has 1 aliphatic carbocycles. The van der Waals surface area contributed by atoms with Gasteiger partial charge in [-0.1, -0.05) is 55.7 Å². The van der Waals surface area contributed by atoms with Crippen molar-refractivity contribution in [2.24, 2.45) is 0 Å². The minimum absolute atomic E-state index is 0.504. The van der Waals surface area contributed by atoms with Gasteiger partial charge in [0.25, 0.3) is 0 Å². The van der Waals surface area contributed by atoms with Crippen LogP contribution in [0, 0.1) is 0 Å². The van der Waals surface area contributed by atoms with Crippen LogP contribution in [0.1, 0.15) is 38.1 Å². The Kier molecular flexibility index (Phi) is 5.05. The van der Waals surface area contributed by atoms with E-state index >= 15 is 0 Å². The monoisotopic (exact) mass is 399 g/mol. The second-order valence-electron chi connectivity index (χ2n) is 7.76. The molecule has 2 aromatic heterocycles. The summed E-state index contributed by atoms with van der Waals surface area (Å²) in [6.45, 7) is 0. The molecule has 0 saturated heterocycles. The predicted molar refractivity (Wildman–Crippen MR) is 119 cm³/mol.